The molecule has 0 spiro atoms. The summed E-state index contributed by atoms with van der Waals surface area (Å²) < 4.78 is 0. The van der Waals surface area contributed by atoms with Gasteiger partial charge in [-0.15, -0.1) is 0 Å². The van der Waals surface area contributed by atoms with E-state index in [0.29, 0.717) is 16.7 Å². The van der Waals surface area contributed by atoms with Gasteiger partial charge in [-0.05, 0) is 92.4 Å². The smallest absolute Gasteiger partial charge is 0.165 e. The van der Waals surface area contributed by atoms with Crippen molar-refractivity contribution in [3.8, 4) is 0 Å². The van der Waals surface area contributed by atoms with E-state index in [2.05, 4.69) is 67.5 Å². The maximum absolute atomic E-state index is 12.7. The Kier molecular flexibility index (Phi) is 5.71. The summed E-state index contributed by atoms with van der Waals surface area (Å²) in [5, 5.41) is 0. The first-order valence-electron chi connectivity index (χ1n) is 13.3. The number of carbonyl (C=O) groups is 1. The molecule has 4 aliphatic rings. The van der Waals surface area contributed by atoms with Crippen molar-refractivity contribution in [1.82, 2.24) is 0 Å². The normalized spacial score (nSPS) is 44.5. The van der Waals surface area contributed by atoms with E-state index < -0.39 is 0 Å². The van der Waals surface area contributed by atoms with Gasteiger partial charge in [0.05, 0.1) is 0 Å². The number of hydrogen-bond acceptors (Lipinski definition) is 1. The molecular weight excluding hydrogens is 376 g/mol. The van der Waals surface area contributed by atoms with Gasteiger partial charge in [0.15, 0.2) is 5.78 Å². The Balaban J connectivity index is 1.62. The molecule has 31 heavy (non-hydrogen) atoms. The fourth-order valence-corrected chi connectivity index (χ4v) is 9.16. The first-order chi connectivity index (χ1) is 14.4. The molecule has 0 aliphatic heterocycles. The predicted octanol–water partition coefficient (Wildman–Crippen LogP) is 8.40. The van der Waals surface area contributed by atoms with Gasteiger partial charge in [0, 0.05) is 10.8 Å². The monoisotopic (exact) mass is 424 g/mol. The van der Waals surface area contributed by atoms with Crippen LogP contribution in [0.2, 0.25) is 0 Å². The number of hydrogen-bond donors (Lipinski definition) is 0. The molecule has 0 N–H and O–H groups in total. The molecule has 0 aromatic carbocycles. The number of carbonyl (C=O) groups excluding carboxylic acids is 1. The molecule has 2 saturated carbocycles. The van der Waals surface area contributed by atoms with E-state index in [9.17, 15) is 4.79 Å². The molecule has 0 aromatic heterocycles. The minimum absolute atomic E-state index is 0.0410. The van der Waals surface area contributed by atoms with Crippen molar-refractivity contribution in [2.24, 2.45) is 51.2 Å². The summed E-state index contributed by atoms with van der Waals surface area (Å²) in [4.78, 5) is 12.7. The van der Waals surface area contributed by atoms with E-state index in [4.69, 9.17) is 0 Å². The first kappa shape index (κ1) is 23.3. The van der Waals surface area contributed by atoms with E-state index in [0.717, 1.165) is 30.1 Å². The molecule has 1 heteroatoms. The highest BCUT2D eigenvalue weighted by Crippen LogP contribution is 2.73. The molecule has 1 nitrogen and oxygen atoms in total. The number of ketones is 1. The van der Waals surface area contributed by atoms with Crippen LogP contribution in [0, 0.1) is 51.2 Å². The van der Waals surface area contributed by atoms with Crippen LogP contribution in [0.3, 0.4) is 0 Å². The molecule has 0 aromatic rings. The van der Waals surface area contributed by atoms with Crippen LogP contribution in [0.5, 0.6) is 0 Å². The highest BCUT2D eigenvalue weighted by molar-refractivity contribution is 5.98. The highest BCUT2D eigenvalue weighted by atomic mass is 16.1. The van der Waals surface area contributed by atoms with Crippen LogP contribution in [-0.2, 0) is 4.79 Å². The Morgan fingerprint density at radius 1 is 0.968 bits per heavy atom. The van der Waals surface area contributed by atoms with Crippen molar-refractivity contribution in [2.75, 3.05) is 0 Å². The third-order valence-corrected chi connectivity index (χ3v) is 11.2. The fourth-order valence-electron chi connectivity index (χ4n) is 9.16. The Bertz CT molecular complexity index is 784. The van der Waals surface area contributed by atoms with E-state index >= 15 is 0 Å². The molecule has 0 amide bonds. The maximum atomic E-state index is 12.7. The molecule has 7 atom stereocenters. The summed E-state index contributed by atoms with van der Waals surface area (Å²) in [6.45, 7) is 19.3. The molecule has 4 rings (SSSR count). The second-order valence-corrected chi connectivity index (χ2v) is 13.5. The molecule has 0 saturated heterocycles. The van der Waals surface area contributed by atoms with E-state index in [1.807, 2.05) is 6.08 Å². The van der Waals surface area contributed by atoms with Gasteiger partial charge in [0.2, 0.25) is 0 Å². The van der Waals surface area contributed by atoms with E-state index in [1.165, 1.54) is 50.5 Å². The van der Waals surface area contributed by atoms with Crippen molar-refractivity contribution in [1.29, 1.82) is 0 Å². The minimum atomic E-state index is -0.342. The lowest BCUT2D eigenvalue weighted by molar-refractivity contribution is -0.129. The number of rotatable bonds is 5. The Morgan fingerprint density at radius 2 is 1.68 bits per heavy atom. The quantitative estimate of drug-likeness (QED) is 0.405. The summed E-state index contributed by atoms with van der Waals surface area (Å²) in [5.74, 6) is 4.42. The van der Waals surface area contributed by atoms with E-state index in [1.54, 1.807) is 0 Å². The second-order valence-electron chi connectivity index (χ2n) is 13.5. The topological polar surface area (TPSA) is 17.1 Å². The van der Waals surface area contributed by atoms with Crippen LogP contribution < -0.4 is 0 Å². The van der Waals surface area contributed by atoms with Gasteiger partial charge in [0.25, 0.3) is 0 Å². The van der Waals surface area contributed by atoms with Crippen LogP contribution >= 0.6 is 0 Å². The Morgan fingerprint density at radius 3 is 2.35 bits per heavy atom. The largest absolute Gasteiger partial charge is 0.294 e. The van der Waals surface area contributed by atoms with Gasteiger partial charge in [-0.1, -0.05) is 78.5 Å². The van der Waals surface area contributed by atoms with E-state index in [-0.39, 0.29) is 16.6 Å². The van der Waals surface area contributed by atoms with Crippen molar-refractivity contribution in [3.63, 3.8) is 0 Å². The number of allylic oxidation sites excluding steroid dienone is 4. The number of fused-ring (bicyclic) bond motifs is 5. The fraction of sp³-hybridized carbons (Fsp3) is 0.833. The molecular formula is C30H48O. The van der Waals surface area contributed by atoms with Crippen LogP contribution in [0.4, 0.5) is 0 Å². The van der Waals surface area contributed by atoms with Gasteiger partial charge < -0.3 is 0 Å². The third kappa shape index (κ3) is 3.26. The standard InChI is InChI=1S/C30H48O/c1-20(2)10-9-11-21(3)22-14-18-29(7)23(22)12-13-25-28(6)17-16-26(31)27(4,5)24(28)15-19-30(25,29)8/h15-17,20-23,25H,9-14,18-19H2,1-8H3/t21-,22-,23+,25-,28+,29+,30-/m1/s1. The summed E-state index contributed by atoms with van der Waals surface area (Å²) in [5.41, 5.74) is 1.87. The zero-order valence-corrected chi connectivity index (χ0v) is 21.7. The zero-order chi connectivity index (χ0) is 22.8. The molecule has 0 bridgehead atoms. The molecule has 174 valence electrons. The Labute approximate surface area is 192 Å². The van der Waals surface area contributed by atoms with Gasteiger partial charge >= 0.3 is 0 Å². The van der Waals surface area contributed by atoms with Crippen molar-refractivity contribution in [2.45, 2.75) is 107 Å². The maximum Gasteiger partial charge on any atom is 0.165 e. The molecule has 2 fully saturated rings. The van der Waals surface area contributed by atoms with Crippen LogP contribution in [0.15, 0.2) is 23.8 Å². The average molecular weight is 425 g/mol. The molecule has 0 radical (unpaired) electrons. The van der Waals surface area contributed by atoms with Crippen LogP contribution in [0.25, 0.3) is 0 Å². The van der Waals surface area contributed by atoms with Crippen LogP contribution in [-0.4, -0.2) is 5.78 Å². The van der Waals surface area contributed by atoms with Gasteiger partial charge in [0.1, 0.15) is 0 Å². The Hall–Kier alpha value is -0.850. The lowest BCUT2D eigenvalue weighted by atomic mass is 9.39. The lowest BCUT2D eigenvalue weighted by Gasteiger charge is -2.65. The second kappa shape index (κ2) is 7.59. The van der Waals surface area contributed by atoms with Crippen molar-refractivity contribution in [3.05, 3.63) is 23.8 Å². The van der Waals surface area contributed by atoms with Gasteiger partial charge in [-0.25, -0.2) is 0 Å². The molecule has 4 aliphatic carbocycles. The predicted molar refractivity (Wildman–Crippen MR) is 132 cm³/mol. The summed E-state index contributed by atoms with van der Waals surface area (Å²) in [6.07, 6.45) is 17.6. The molecule has 0 heterocycles. The first-order valence-corrected chi connectivity index (χ1v) is 13.3. The SMILES string of the molecule is CC(C)CCC[C@@H](C)[C@H]1CC[C@@]2(C)[C@H]1CC[C@@H]1[C@@]3(C)C=CC(=O)C(C)(C)C3=CC[C@]12C. The lowest BCUT2D eigenvalue weighted by Crippen LogP contribution is -2.58. The van der Waals surface area contributed by atoms with Crippen LogP contribution in [0.1, 0.15) is 107 Å². The van der Waals surface area contributed by atoms with Crippen molar-refractivity contribution >= 4 is 5.78 Å². The summed E-state index contributed by atoms with van der Waals surface area (Å²) in [6, 6.07) is 0. The van der Waals surface area contributed by atoms with Crippen molar-refractivity contribution < 1.29 is 4.79 Å². The van der Waals surface area contributed by atoms with Gasteiger partial charge in [-0.2, -0.15) is 0 Å². The van der Waals surface area contributed by atoms with Gasteiger partial charge in [-0.3, -0.25) is 4.79 Å². The summed E-state index contributed by atoms with van der Waals surface area (Å²) in [7, 11) is 0. The summed E-state index contributed by atoms with van der Waals surface area (Å²) >= 11 is 0. The zero-order valence-electron chi connectivity index (χ0n) is 21.7. The molecule has 0 unspecified atom stereocenters. The minimum Gasteiger partial charge on any atom is -0.294 e. The third-order valence-electron chi connectivity index (χ3n) is 11.2. The average Bonchev–Trinajstić information content (AvgIpc) is 3.03. The highest BCUT2D eigenvalue weighted by Gasteiger charge is 2.66.